The lowest BCUT2D eigenvalue weighted by Gasteiger charge is -2.10. The van der Waals surface area contributed by atoms with Crippen LogP contribution in [0.3, 0.4) is 0 Å². The average molecular weight is 348 g/mol. The summed E-state index contributed by atoms with van der Waals surface area (Å²) < 4.78 is 79.2. The molecule has 0 unspecified atom stereocenters. The third kappa shape index (κ3) is 3.31. The van der Waals surface area contributed by atoms with E-state index >= 15 is 0 Å². The topological polar surface area (TPSA) is 58.2 Å². The number of imide groups is 1. The Bertz CT molecular complexity index is 820. The first-order valence-electron chi connectivity index (χ1n) is 6.11. The molecule has 0 aliphatic rings. The minimum absolute atomic E-state index is 0.0353. The second-order valence-corrected chi connectivity index (χ2v) is 4.35. The number of carbonyl (C=O) groups excluding carboxylic acids is 2. The monoisotopic (exact) mass is 348 g/mol. The molecule has 3 amide bonds. The minimum Gasteiger partial charge on any atom is -0.302 e. The highest BCUT2D eigenvalue weighted by Gasteiger charge is 2.23. The summed E-state index contributed by atoms with van der Waals surface area (Å²) in [7, 11) is 0. The molecular weight excluding hydrogens is 342 g/mol. The smallest absolute Gasteiger partial charge is 0.302 e. The molecule has 0 atom stereocenters. The minimum atomic E-state index is -2.06. The molecule has 0 spiro atoms. The predicted octanol–water partition coefficient (Wildman–Crippen LogP) is 3.48. The van der Waals surface area contributed by atoms with Crippen LogP contribution in [-0.2, 0) is 0 Å². The zero-order valence-electron chi connectivity index (χ0n) is 11.4. The van der Waals surface area contributed by atoms with Gasteiger partial charge in [-0.1, -0.05) is 6.07 Å². The molecule has 0 fully saturated rings. The van der Waals surface area contributed by atoms with E-state index in [0.717, 1.165) is 18.2 Å². The van der Waals surface area contributed by atoms with Gasteiger partial charge in [0.2, 0.25) is 0 Å². The number of benzene rings is 2. The molecule has 2 rings (SSSR count). The van der Waals surface area contributed by atoms with Crippen molar-refractivity contribution in [3.8, 4) is 0 Å². The van der Waals surface area contributed by atoms with Gasteiger partial charge in [0.25, 0.3) is 5.91 Å². The molecule has 0 heterocycles. The Labute approximate surface area is 130 Å². The number of hydrogen-bond acceptors (Lipinski definition) is 2. The maximum Gasteiger partial charge on any atom is 0.326 e. The molecular formula is C14H6F6N2O2. The van der Waals surface area contributed by atoms with Gasteiger partial charge < -0.3 is 5.32 Å². The molecule has 2 aromatic rings. The van der Waals surface area contributed by atoms with Crippen molar-refractivity contribution in [2.24, 2.45) is 0 Å². The van der Waals surface area contributed by atoms with Gasteiger partial charge in [0.1, 0.15) is 22.9 Å². The number of halogens is 6. The molecule has 126 valence electrons. The van der Waals surface area contributed by atoms with Crippen LogP contribution in [0, 0.1) is 34.9 Å². The van der Waals surface area contributed by atoms with E-state index in [2.05, 4.69) is 0 Å². The van der Waals surface area contributed by atoms with Gasteiger partial charge in [0.15, 0.2) is 23.3 Å². The van der Waals surface area contributed by atoms with Crippen molar-refractivity contribution >= 4 is 17.6 Å². The zero-order valence-corrected chi connectivity index (χ0v) is 11.4. The first kappa shape index (κ1) is 17.3. The number of nitrogens with one attached hydrogen (secondary N) is 2. The average Bonchev–Trinajstić information content (AvgIpc) is 2.49. The highest BCUT2D eigenvalue weighted by molar-refractivity contribution is 6.08. The van der Waals surface area contributed by atoms with Gasteiger partial charge >= 0.3 is 6.03 Å². The summed E-state index contributed by atoms with van der Waals surface area (Å²) in [6.07, 6.45) is 0. The van der Waals surface area contributed by atoms with Crippen molar-refractivity contribution < 1.29 is 35.9 Å². The normalized spacial score (nSPS) is 10.4. The molecule has 0 aliphatic heterocycles. The number of urea groups is 1. The summed E-state index contributed by atoms with van der Waals surface area (Å²) in [6, 6.07) is 0.793. The van der Waals surface area contributed by atoms with E-state index in [0.29, 0.717) is 0 Å². The number of rotatable bonds is 2. The van der Waals surface area contributed by atoms with Crippen molar-refractivity contribution in [3.63, 3.8) is 0 Å². The molecule has 0 saturated carbocycles. The number of anilines is 1. The van der Waals surface area contributed by atoms with Crippen molar-refractivity contribution in [2.75, 3.05) is 5.32 Å². The molecule has 4 nitrogen and oxygen atoms in total. The highest BCUT2D eigenvalue weighted by atomic mass is 19.2. The van der Waals surface area contributed by atoms with E-state index in [-0.39, 0.29) is 6.07 Å². The van der Waals surface area contributed by atoms with Crippen LogP contribution < -0.4 is 10.6 Å². The molecule has 0 aliphatic carbocycles. The number of carbonyl (C=O) groups is 2. The van der Waals surface area contributed by atoms with Crippen molar-refractivity contribution in [1.29, 1.82) is 0 Å². The Balaban J connectivity index is 2.21. The fourth-order valence-electron chi connectivity index (χ4n) is 1.71. The van der Waals surface area contributed by atoms with E-state index in [4.69, 9.17) is 0 Å². The van der Waals surface area contributed by atoms with Crippen LogP contribution in [0.25, 0.3) is 0 Å². The Morgan fingerprint density at radius 2 is 1.38 bits per heavy atom. The Hall–Kier alpha value is -3.04. The second-order valence-electron chi connectivity index (χ2n) is 4.35. The van der Waals surface area contributed by atoms with E-state index in [1.807, 2.05) is 0 Å². The fourth-order valence-corrected chi connectivity index (χ4v) is 1.71. The molecule has 10 heteroatoms. The number of hydrogen-bond donors (Lipinski definition) is 2. The first-order chi connectivity index (χ1) is 11.2. The Morgan fingerprint density at radius 3 is 1.96 bits per heavy atom. The van der Waals surface area contributed by atoms with E-state index in [1.165, 1.54) is 10.6 Å². The molecule has 2 N–H and O–H groups in total. The van der Waals surface area contributed by atoms with Gasteiger partial charge in [0.05, 0.1) is 0 Å². The Morgan fingerprint density at radius 1 is 0.792 bits per heavy atom. The van der Waals surface area contributed by atoms with E-state index < -0.39 is 58.1 Å². The summed E-state index contributed by atoms with van der Waals surface area (Å²) in [6.45, 7) is 0. The SMILES string of the molecule is O=C(NC(=O)c1c(F)cccc1F)Nc1c(F)cc(F)c(F)c1F. The van der Waals surface area contributed by atoms with Crippen molar-refractivity contribution in [1.82, 2.24) is 5.32 Å². The lowest BCUT2D eigenvalue weighted by atomic mass is 10.2. The largest absolute Gasteiger partial charge is 0.326 e. The van der Waals surface area contributed by atoms with Crippen LogP contribution in [0.2, 0.25) is 0 Å². The third-order valence-electron chi connectivity index (χ3n) is 2.77. The standard InChI is InChI=1S/C14H6F6N2O2/c15-5-2-1-3-6(16)9(5)13(23)22-14(24)21-12-8(18)4-7(17)10(19)11(12)20/h1-4H,(H2,21,22,23,24). The zero-order chi connectivity index (χ0) is 18.0. The predicted molar refractivity (Wildman–Crippen MR) is 69.1 cm³/mol. The molecule has 24 heavy (non-hydrogen) atoms. The van der Waals surface area contributed by atoms with E-state index in [1.54, 1.807) is 0 Å². The van der Waals surface area contributed by atoms with Crippen LogP contribution in [0.15, 0.2) is 24.3 Å². The van der Waals surface area contributed by atoms with E-state index in [9.17, 15) is 35.9 Å². The molecule has 0 radical (unpaired) electrons. The maximum atomic E-state index is 13.4. The maximum absolute atomic E-state index is 13.4. The summed E-state index contributed by atoms with van der Waals surface area (Å²) in [4.78, 5) is 23.1. The molecule has 0 aromatic heterocycles. The van der Waals surface area contributed by atoms with Crippen molar-refractivity contribution in [2.45, 2.75) is 0 Å². The van der Waals surface area contributed by atoms with Gasteiger partial charge in [-0.2, -0.15) is 0 Å². The quantitative estimate of drug-likeness (QED) is 0.496. The van der Waals surface area contributed by atoms with Crippen LogP contribution in [0.1, 0.15) is 10.4 Å². The Kier molecular flexibility index (Phi) is 4.77. The third-order valence-corrected chi connectivity index (χ3v) is 2.77. The van der Waals surface area contributed by atoms with Gasteiger partial charge in [-0.15, -0.1) is 0 Å². The highest BCUT2D eigenvalue weighted by Crippen LogP contribution is 2.23. The van der Waals surface area contributed by atoms with Gasteiger partial charge in [-0.3, -0.25) is 10.1 Å². The number of amides is 3. The summed E-state index contributed by atoms with van der Waals surface area (Å²) in [5.74, 6) is -11.7. The van der Waals surface area contributed by atoms with Gasteiger partial charge in [-0.05, 0) is 12.1 Å². The lowest BCUT2D eigenvalue weighted by molar-refractivity contribution is 0.0959. The molecule has 0 saturated heterocycles. The molecule has 2 aromatic carbocycles. The summed E-state index contributed by atoms with van der Waals surface area (Å²) in [5.41, 5.74) is -2.49. The van der Waals surface area contributed by atoms with Crippen molar-refractivity contribution in [3.05, 3.63) is 64.7 Å². The van der Waals surface area contributed by atoms with Crippen LogP contribution in [-0.4, -0.2) is 11.9 Å². The van der Waals surface area contributed by atoms with Crippen LogP contribution in [0.5, 0.6) is 0 Å². The van der Waals surface area contributed by atoms with Crippen LogP contribution >= 0.6 is 0 Å². The second kappa shape index (κ2) is 6.60. The fraction of sp³-hybridized carbons (Fsp3) is 0. The lowest BCUT2D eigenvalue weighted by Crippen LogP contribution is -2.36. The van der Waals surface area contributed by atoms with Crippen LogP contribution in [0.4, 0.5) is 36.8 Å². The van der Waals surface area contributed by atoms with Gasteiger partial charge in [0, 0.05) is 6.07 Å². The first-order valence-corrected chi connectivity index (χ1v) is 6.11. The summed E-state index contributed by atoms with van der Waals surface area (Å²) >= 11 is 0. The van der Waals surface area contributed by atoms with Gasteiger partial charge in [-0.25, -0.2) is 31.1 Å². The summed E-state index contributed by atoms with van der Waals surface area (Å²) in [5, 5.41) is 2.81. The molecule has 0 bridgehead atoms.